The van der Waals surface area contributed by atoms with Crippen LogP contribution in [0.5, 0.6) is 0 Å². The Morgan fingerprint density at radius 3 is 2.79 bits per heavy atom. The summed E-state index contributed by atoms with van der Waals surface area (Å²) in [7, 11) is 1.62. The van der Waals surface area contributed by atoms with Gasteiger partial charge in [0.05, 0.1) is 7.11 Å². The zero-order chi connectivity index (χ0) is 20.5. The summed E-state index contributed by atoms with van der Waals surface area (Å²) in [6.45, 7) is 2.90. The van der Waals surface area contributed by atoms with Crippen molar-refractivity contribution >= 4 is 17.7 Å². The monoisotopic (exact) mass is 388 g/mol. The Morgan fingerprint density at radius 2 is 2.10 bits per heavy atom. The summed E-state index contributed by atoms with van der Waals surface area (Å²) in [5, 5.41) is 18.0. The first-order chi connectivity index (χ1) is 14.0. The summed E-state index contributed by atoms with van der Waals surface area (Å²) in [5.41, 5.74) is 2.78. The molecule has 2 aliphatic heterocycles. The van der Waals surface area contributed by atoms with Crippen LogP contribution < -0.4 is 0 Å². The van der Waals surface area contributed by atoms with E-state index in [1.807, 2.05) is 36.4 Å². The van der Waals surface area contributed by atoms with E-state index in [0.717, 1.165) is 28.9 Å². The van der Waals surface area contributed by atoms with Crippen LogP contribution in [0, 0.1) is 17.2 Å². The molecule has 1 N–H and O–H groups in total. The van der Waals surface area contributed by atoms with Gasteiger partial charge in [-0.15, -0.1) is 0 Å². The second kappa shape index (κ2) is 7.57. The van der Waals surface area contributed by atoms with Gasteiger partial charge in [-0.2, -0.15) is 0 Å². The summed E-state index contributed by atoms with van der Waals surface area (Å²) in [6, 6.07) is 9.73. The van der Waals surface area contributed by atoms with Crippen molar-refractivity contribution in [2.45, 2.75) is 19.9 Å². The van der Waals surface area contributed by atoms with Crippen molar-refractivity contribution in [2.75, 3.05) is 13.7 Å². The van der Waals surface area contributed by atoms with Crippen molar-refractivity contribution in [3.63, 3.8) is 0 Å². The molecule has 0 fully saturated rings. The van der Waals surface area contributed by atoms with Gasteiger partial charge in [0.15, 0.2) is 5.76 Å². The average molecular weight is 388 g/mol. The number of hydrogen-bond acceptors (Lipinski definition) is 4. The molecule has 1 aliphatic carbocycles. The Hall–Kier alpha value is -3.37. The van der Waals surface area contributed by atoms with E-state index in [0.29, 0.717) is 19.0 Å². The lowest BCUT2D eigenvalue weighted by Crippen LogP contribution is -2.28. The number of ether oxygens (including phenoxy) is 2. The molecule has 0 spiro atoms. The van der Waals surface area contributed by atoms with Crippen LogP contribution in [-0.2, 0) is 20.8 Å². The highest BCUT2D eigenvalue weighted by Gasteiger charge is 2.44. The molecule has 29 heavy (non-hydrogen) atoms. The molecule has 3 aliphatic rings. The maximum Gasteiger partial charge on any atom is 0.290 e. The van der Waals surface area contributed by atoms with Crippen molar-refractivity contribution in [2.24, 2.45) is 11.8 Å². The normalized spacial score (nSPS) is 23.9. The van der Waals surface area contributed by atoms with Gasteiger partial charge in [0.1, 0.15) is 5.76 Å². The molecular formula is C23H22N3O3-. The molecule has 2 atom stereocenters. The topological polar surface area (TPSA) is 84.9 Å². The minimum Gasteiger partial charge on any atom is -0.763 e. The van der Waals surface area contributed by atoms with Crippen LogP contribution >= 0.6 is 0 Å². The van der Waals surface area contributed by atoms with Crippen LogP contribution in [0.15, 0.2) is 70.7 Å². The number of nitrogens with zero attached hydrogens (tertiary/aromatic N) is 2. The fraction of sp³-hybridized carbons (Fsp3) is 0.304. The smallest absolute Gasteiger partial charge is 0.290 e. The van der Waals surface area contributed by atoms with Gasteiger partial charge in [-0.1, -0.05) is 49.4 Å². The second-order valence-electron chi connectivity index (χ2n) is 7.51. The van der Waals surface area contributed by atoms with Crippen molar-refractivity contribution in [3.05, 3.63) is 81.7 Å². The van der Waals surface area contributed by atoms with Gasteiger partial charge in [0.25, 0.3) is 5.91 Å². The molecule has 148 valence electrons. The van der Waals surface area contributed by atoms with Gasteiger partial charge in [0, 0.05) is 42.1 Å². The fourth-order valence-electron chi connectivity index (χ4n) is 4.11. The summed E-state index contributed by atoms with van der Waals surface area (Å²) in [6.07, 6.45) is 4.75. The highest BCUT2D eigenvalue weighted by Crippen LogP contribution is 2.43. The second-order valence-corrected chi connectivity index (χ2v) is 7.51. The van der Waals surface area contributed by atoms with E-state index in [9.17, 15) is 10.2 Å². The molecule has 1 amide bonds. The number of rotatable bonds is 4. The standard InChI is InChI=1S/C23H22N3O3/c1-14-8-9-16(19(10-14)28-2)20-17(11-24)22(25)29-21-18(20)13-26(23(21)27)12-15-6-4-3-5-7-15/h3-9,14,20,25H,10,12-13H2,1-2H3/q-1. The minimum absolute atomic E-state index is 0.171. The maximum absolute atomic E-state index is 13.0. The Labute approximate surface area is 169 Å². The van der Waals surface area contributed by atoms with Crippen LogP contribution in [0.3, 0.4) is 0 Å². The highest BCUT2D eigenvalue weighted by atomic mass is 16.5. The number of methoxy groups -OCH3 is 1. The molecule has 6 heteroatoms. The third-order valence-electron chi connectivity index (χ3n) is 5.55. The molecule has 2 unspecified atom stereocenters. The third kappa shape index (κ3) is 3.32. The van der Waals surface area contributed by atoms with E-state index in [2.05, 4.69) is 18.9 Å². The van der Waals surface area contributed by atoms with Crippen LogP contribution in [0.1, 0.15) is 18.9 Å². The Balaban J connectivity index is 1.74. The Kier molecular flexibility index (Phi) is 4.95. The number of carbonyl (C=O) groups excluding carboxylic acids is 1. The first-order valence-corrected chi connectivity index (χ1v) is 9.58. The number of nitrogens with one attached hydrogen (secondary N) is 1. The number of amides is 1. The molecule has 0 saturated carbocycles. The predicted molar refractivity (Wildman–Crippen MR) is 110 cm³/mol. The van der Waals surface area contributed by atoms with E-state index in [-0.39, 0.29) is 23.1 Å². The zero-order valence-electron chi connectivity index (χ0n) is 16.4. The van der Waals surface area contributed by atoms with Gasteiger partial charge in [-0.25, -0.2) is 0 Å². The first kappa shape index (κ1) is 19.0. The first-order valence-electron chi connectivity index (χ1n) is 9.58. The number of benzene rings is 1. The van der Waals surface area contributed by atoms with E-state index in [1.54, 1.807) is 12.0 Å². The third-order valence-corrected chi connectivity index (χ3v) is 5.55. The molecule has 0 bridgehead atoms. The molecule has 0 saturated heterocycles. The Bertz CT molecular complexity index is 1010. The molecule has 6 nitrogen and oxygen atoms in total. The van der Waals surface area contributed by atoms with Crippen LogP contribution in [0.4, 0.5) is 0 Å². The van der Waals surface area contributed by atoms with Gasteiger partial charge in [0.2, 0.25) is 5.90 Å². The lowest BCUT2D eigenvalue weighted by Gasteiger charge is -2.31. The number of carbonyl (C=O) groups is 1. The highest BCUT2D eigenvalue weighted by molar-refractivity contribution is 6.09. The van der Waals surface area contributed by atoms with Gasteiger partial charge >= 0.3 is 0 Å². The summed E-state index contributed by atoms with van der Waals surface area (Å²) < 4.78 is 11.2. The minimum atomic E-state index is -0.500. The number of hydrogen-bond donors (Lipinski definition) is 1. The largest absolute Gasteiger partial charge is 0.763 e. The molecule has 2 heterocycles. The Morgan fingerprint density at radius 1 is 1.34 bits per heavy atom. The van der Waals surface area contributed by atoms with Gasteiger partial charge in [-0.05, 0) is 11.5 Å². The molecule has 0 radical (unpaired) electrons. The molecular weight excluding hydrogens is 366 g/mol. The molecule has 1 aromatic rings. The summed E-state index contributed by atoms with van der Waals surface area (Å²) in [4.78, 5) is 14.7. The van der Waals surface area contributed by atoms with E-state index >= 15 is 0 Å². The average Bonchev–Trinajstić information content (AvgIpc) is 3.03. The lowest BCUT2D eigenvalue weighted by atomic mass is 9.79. The van der Waals surface area contributed by atoms with Crippen molar-refractivity contribution in [1.82, 2.24) is 4.90 Å². The lowest BCUT2D eigenvalue weighted by molar-refractivity contribution is -0.128. The fourth-order valence-corrected chi connectivity index (χ4v) is 4.11. The summed E-state index contributed by atoms with van der Waals surface area (Å²) in [5.74, 6) is 2.40. The van der Waals surface area contributed by atoms with E-state index in [4.69, 9.17) is 14.9 Å². The van der Waals surface area contributed by atoms with Crippen LogP contribution in [0.25, 0.3) is 5.41 Å². The van der Waals surface area contributed by atoms with E-state index < -0.39 is 5.92 Å². The zero-order valence-corrected chi connectivity index (χ0v) is 16.4. The van der Waals surface area contributed by atoms with E-state index in [1.165, 1.54) is 0 Å². The molecule has 4 rings (SSSR count). The molecule has 1 aromatic carbocycles. The van der Waals surface area contributed by atoms with Crippen molar-refractivity contribution in [3.8, 4) is 0 Å². The van der Waals surface area contributed by atoms with Crippen molar-refractivity contribution in [1.29, 1.82) is 5.41 Å². The van der Waals surface area contributed by atoms with Crippen LogP contribution in [-0.4, -0.2) is 36.2 Å². The van der Waals surface area contributed by atoms with Gasteiger partial charge < -0.3 is 19.8 Å². The predicted octanol–water partition coefficient (Wildman–Crippen LogP) is 3.57. The SMILES string of the molecule is COC1=C(C2C(=C=[N-])C(=N)OC3=C2CN(Cc2ccccc2)C3=O)C=CC(C)C1. The summed E-state index contributed by atoms with van der Waals surface area (Å²) >= 11 is 0. The van der Waals surface area contributed by atoms with Gasteiger partial charge in [-0.3, -0.25) is 16.1 Å². The molecule has 0 aromatic heterocycles. The maximum atomic E-state index is 13.0. The quantitative estimate of drug-likeness (QED) is 0.800. The van der Waals surface area contributed by atoms with Crippen molar-refractivity contribution < 1.29 is 14.3 Å². The number of allylic oxidation sites excluding steroid dienone is 4. The van der Waals surface area contributed by atoms with Crippen LogP contribution in [0.2, 0.25) is 0 Å².